The first kappa shape index (κ1) is 13.9. The van der Waals surface area contributed by atoms with Gasteiger partial charge in [-0.05, 0) is 37.1 Å². The van der Waals surface area contributed by atoms with Crippen LogP contribution in [-0.2, 0) is 5.33 Å². The molecule has 0 atom stereocenters. The zero-order valence-electron chi connectivity index (χ0n) is 11.5. The van der Waals surface area contributed by atoms with Gasteiger partial charge in [-0.2, -0.15) is 0 Å². The van der Waals surface area contributed by atoms with E-state index >= 15 is 0 Å². The Kier molecular flexibility index (Phi) is 5.07. The minimum atomic E-state index is 0.943. The molecule has 0 unspecified atom stereocenters. The molecular weight excluding hydrogens is 288 g/mol. The zero-order valence-corrected chi connectivity index (χ0v) is 13.0. The van der Waals surface area contributed by atoms with Crippen molar-refractivity contribution in [2.75, 3.05) is 37.6 Å². The number of hydrogen-bond donors (Lipinski definition) is 0. The molecule has 1 saturated heterocycles. The normalized spacial score (nSPS) is 17.2. The summed E-state index contributed by atoms with van der Waals surface area (Å²) in [5.74, 6) is 0. The third-order valence-corrected chi connectivity index (χ3v) is 4.32. The molecule has 1 aromatic rings. The smallest absolute Gasteiger partial charge is 0.0397 e. The standard InChI is InChI=1S/C15H23BrN2/c1-3-6-17-7-9-18(10-8-17)15-5-4-14(12-16)11-13(15)2/h4-5,11H,3,6-10,12H2,1-2H3. The van der Waals surface area contributed by atoms with Gasteiger partial charge in [0.1, 0.15) is 0 Å². The lowest BCUT2D eigenvalue weighted by atomic mass is 10.1. The summed E-state index contributed by atoms with van der Waals surface area (Å²) in [5.41, 5.74) is 4.17. The van der Waals surface area contributed by atoms with Crippen LogP contribution in [0.3, 0.4) is 0 Å². The number of alkyl halides is 1. The Morgan fingerprint density at radius 2 is 1.89 bits per heavy atom. The lowest BCUT2D eigenvalue weighted by molar-refractivity contribution is 0.258. The van der Waals surface area contributed by atoms with Gasteiger partial charge in [0.2, 0.25) is 0 Å². The molecule has 0 N–H and O–H groups in total. The molecule has 100 valence electrons. The van der Waals surface area contributed by atoms with Gasteiger partial charge in [-0.15, -0.1) is 0 Å². The molecule has 0 saturated carbocycles. The van der Waals surface area contributed by atoms with E-state index in [4.69, 9.17) is 0 Å². The van der Waals surface area contributed by atoms with Crippen LogP contribution in [-0.4, -0.2) is 37.6 Å². The van der Waals surface area contributed by atoms with Crippen LogP contribution in [0.1, 0.15) is 24.5 Å². The van der Waals surface area contributed by atoms with E-state index in [1.54, 1.807) is 0 Å². The van der Waals surface area contributed by atoms with Gasteiger partial charge in [-0.3, -0.25) is 4.90 Å². The Labute approximate surface area is 119 Å². The molecule has 1 aromatic carbocycles. The number of halogens is 1. The van der Waals surface area contributed by atoms with E-state index in [1.165, 1.54) is 42.9 Å². The first-order chi connectivity index (χ1) is 8.74. The average Bonchev–Trinajstić information content (AvgIpc) is 2.40. The van der Waals surface area contributed by atoms with Crippen LogP contribution in [0.4, 0.5) is 5.69 Å². The van der Waals surface area contributed by atoms with Crippen LogP contribution < -0.4 is 4.90 Å². The summed E-state index contributed by atoms with van der Waals surface area (Å²) in [6, 6.07) is 6.80. The van der Waals surface area contributed by atoms with Crippen LogP contribution in [0.15, 0.2) is 18.2 Å². The molecule has 3 heteroatoms. The summed E-state index contributed by atoms with van der Waals surface area (Å²) in [7, 11) is 0. The second kappa shape index (κ2) is 6.58. The summed E-state index contributed by atoms with van der Waals surface area (Å²) < 4.78 is 0. The number of piperazine rings is 1. The van der Waals surface area contributed by atoms with Crippen LogP contribution >= 0.6 is 15.9 Å². The van der Waals surface area contributed by atoms with E-state index in [1.807, 2.05) is 0 Å². The van der Waals surface area contributed by atoms with E-state index in [2.05, 4.69) is 57.8 Å². The monoisotopic (exact) mass is 310 g/mol. The molecule has 0 spiro atoms. The van der Waals surface area contributed by atoms with Crippen LogP contribution in [0.2, 0.25) is 0 Å². The quantitative estimate of drug-likeness (QED) is 0.786. The minimum Gasteiger partial charge on any atom is -0.369 e. The highest BCUT2D eigenvalue weighted by molar-refractivity contribution is 9.08. The number of hydrogen-bond acceptors (Lipinski definition) is 2. The molecule has 2 nitrogen and oxygen atoms in total. The van der Waals surface area contributed by atoms with Crippen LogP contribution in [0, 0.1) is 6.92 Å². The van der Waals surface area contributed by atoms with E-state index < -0.39 is 0 Å². The van der Waals surface area contributed by atoms with Crippen molar-refractivity contribution >= 4 is 21.6 Å². The summed E-state index contributed by atoms with van der Waals surface area (Å²) in [6.45, 7) is 10.5. The molecule has 0 radical (unpaired) electrons. The maximum atomic E-state index is 3.52. The zero-order chi connectivity index (χ0) is 13.0. The number of rotatable bonds is 4. The first-order valence-corrected chi connectivity index (χ1v) is 7.99. The molecule has 0 bridgehead atoms. The molecule has 0 aromatic heterocycles. The molecular formula is C15H23BrN2. The Morgan fingerprint density at radius 3 is 2.44 bits per heavy atom. The fourth-order valence-electron chi connectivity index (χ4n) is 2.68. The van der Waals surface area contributed by atoms with E-state index in [-0.39, 0.29) is 0 Å². The van der Waals surface area contributed by atoms with Crippen molar-refractivity contribution in [1.82, 2.24) is 4.90 Å². The largest absolute Gasteiger partial charge is 0.369 e. The molecule has 1 fully saturated rings. The lowest BCUT2D eigenvalue weighted by Crippen LogP contribution is -2.46. The second-order valence-electron chi connectivity index (χ2n) is 5.08. The third-order valence-electron chi connectivity index (χ3n) is 3.67. The van der Waals surface area contributed by atoms with Crippen molar-refractivity contribution in [3.8, 4) is 0 Å². The lowest BCUT2D eigenvalue weighted by Gasteiger charge is -2.36. The summed E-state index contributed by atoms with van der Waals surface area (Å²) >= 11 is 3.52. The maximum absolute atomic E-state index is 3.52. The summed E-state index contributed by atoms with van der Waals surface area (Å²) in [5, 5.41) is 0.943. The fourth-order valence-corrected chi connectivity index (χ4v) is 3.03. The predicted molar refractivity (Wildman–Crippen MR) is 82.8 cm³/mol. The average molecular weight is 311 g/mol. The molecule has 0 aliphatic carbocycles. The molecule has 18 heavy (non-hydrogen) atoms. The number of aryl methyl sites for hydroxylation is 1. The van der Waals surface area contributed by atoms with Gasteiger partial charge in [-0.1, -0.05) is 35.0 Å². The van der Waals surface area contributed by atoms with Gasteiger partial charge in [-0.25, -0.2) is 0 Å². The van der Waals surface area contributed by atoms with Gasteiger partial charge in [0.15, 0.2) is 0 Å². The highest BCUT2D eigenvalue weighted by Gasteiger charge is 2.17. The molecule has 1 heterocycles. The highest BCUT2D eigenvalue weighted by Crippen LogP contribution is 2.23. The predicted octanol–water partition coefficient (Wildman–Crippen LogP) is 3.42. The van der Waals surface area contributed by atoms with Crippen molar-refractivity contribution in [2.24, 2.45) is 0 Å². The van der Waals surface area contributed by atoms with Gasteiger partial charge in [0.25, 0.3) is 0 Å². The van der Waals surface area contributed by atoms with Gasteiger partial charge in [0, 0.05) is 37.2 Å². The van der Waals surface area contributed by atoms with Gasteiger partial charge < -0.3 is 4.90 Å². The molecule has 0 amide bonds. The SMILES string of the molecule is CCCN1CCN(c2ccc(CBr)cc2C)CC1. The third kappa shape index (κ3) is 3.27. The van der Waals surface area contributed by atoms with E-state index in [9.17, 15) is 0 Å². The fraction of sp³-hybridized carbons (Fsp3) is 0.600. The Hall–Kier alpha value is -0.540. The van der Waals surface area contributed by atoms with Gasteiger partial charge >= 0.3 is 0 Å². The Bertz CT molecular complexity index is 384. The van der Waals surface area contributed by atoms with Gasteiger partial charge in [0.05, 0.1) is 0 Å². The maximum Gasteiger partial charge on any atom is 0.0397 e. The first-order valence-electron chi connectivity index (χ1n) is 6.87. The number of nitrogens with zero attached hydrogens (tertiary/aromatic N) is 2. The van der Waals surface area contributed by atoms with Crippen molar-refractivity contribution in [2.45, 2.75) is 25.6 Å². The van der Waals surface area contributed by atoms with Crippen molar-refractivity contribution in [1.29, 1.82) is 0 Å². The topological polar surface area (TPSA) is 6.48 Å². The summed E-state index contributed by atoms with van der Waals surface area (Å²) in [6.07, 6.45) is 1.26. The number of benzene rings is 1. The van der Waals surface area contributed by atoms with Crippen molar-refractivity contribution in [3.05, 3.63) is 29.3 Å². The van der Waals surface area contributed by atoms with Crippen molar-refractivity contribution in [3.63, 3.8) is 0 Å². The van der Waals surface area contributed by atoms with Crippen LogP contribution in [0.5, 0.6) is 0 Å². The molecule has 2 rings (SSSR count). The van der Waals surface area contributed by atoms with Crippen LogP contribution in [0.25, 0.3) is 0 Å². The number of anilines is 1. The van der Waals surface area contributed by atoms with Crippen molar-refractivity contribution < 1.29 is 0 Å². The minimum absolute atomic E-state index is 0.943. The Morgan fingerprint density at radius 1 is 1.17 bits per heavy atom. The molecule has 1 aliphatic rings. The highest BCUT2D eigenvalue weighted by atomic mass is 79.9. The van der Waals surface area contributed by atoms with E-state index in [0.29, 0.717) is 0 Å². The van der Waals surface area contributed by atoms with E-state index in [0.717, 1.165) is 18.4 Å². The summed E-state index contributed by atoms with van der Waals surface area (Å²) in [4.78, 5) is 5.10. The molecule has 1 aliphatic heterocycles. The second-order valence-corrected chi connectivity index (χ2v) is 5.64. The Balaban J connectivity index is 2.01.